The highest BCUT2D eigenvalue weighted by Crippen LogP contribution is 2.31. The average Bonchev–Trinajstić information content (AvgIpc) is 2.34. The number of nitrogens with zero attached hydrogens (tertiary/aromatic N) is 1. The lowest BCUT2D eigenvalue weighted by molar-refractivity contribution is 0.198. The molecule has 0 spiro atoms. The monoisotopic (exact) mass is 283 g/mol. The summed E-state index contributed by atoms with van der Waals surface area (Å²) in [5.74, 6) is 0.789. The summed E-state index contributed by atoms with van der Waals surface area (Å²) in [5.41, 5.74) is 0.721. The van der Waals surface area contributed by atoms with Gasteiger partial charge in [0.05, 0.1) is 11.1 Å². The molecule has 2 aromatic rings. The Kier molecular flexibility index (Phi) is 4.07. The average molecular weight is 284 g/mol. The zero-order valence-corrected chi connectivity index (χ0v) is 11.1. The molecule has 0 aliphatic rings. The quantitative estimate of drug-likeness (QED) is 0.916. The molecule has 0 saturated carbocycles. The van der Waals surface area contributed by atoms with Crippen LogP contribution in [0.4, 0.5) is 0 Å². The largest absolute Gasteiger partial charge is 0.437 e. The van der Waals surface area contributed by atoms with Gasteiger partial charge in [-0.25, -0.2) is 4.98 Å². The second kappa shape index (κ2) is 5.57. The number of pyridine rings is 1. The van der Waals surface area contributed by atoms with Crippen LogP contribution in [0.2, 0.25) is 10.0 Å². The van der Waals surface area contributed by atoms with Gasteiger partial charge in [-0.15, -0.1) is 0 Å². The van der Waals surface area contributed by atoms with Crippen molar-refractivity contribution in [1.82, 2.24) is 4.98 Å². The van der Waals surface area contributed by atoms with E-state index in [1.807, 2.05) is 0 Å². The molecule has 0 bridgehead atoms. The van der Waals surface area contributed by atoms with Crippen LogP contribution in [0, 0.1) is 0 Å². The van der Waals surface area contributed by atoms with E-state index in [1.54, 1.807) is 43.5 Å². The van der Waals surface area contributed by atoms with Gasteiger partial charge in [-0.3, -0.25) is 0 Å². The van der Waals surface area contributed by atoms with Crippen LogP contribution in [0.15, 0.2) is 36.5 Å². The summed E-state index contributed by atoms with van der Waals surface area (Å²) in [7, 11) is 0. The normalized spacial score (nSPS) is 12.2. The highest BCUT2D eigenvalue weighted by Gasteiger charge is 2.07. The van der Waals surface area contributed by atoms with E-state index in [9.17, 15) is 5.11 Å². The van der Waals surface area contributed by atoms with E-state index in [0.29, 0.717) is 21.7 Å². The van der Waals surface area contributed by atoms with Gasteiger partial charge in [0.1, 0.15) is 5.75 Å². The van der Waals surface area contributed by atoms with Crippen LogP contribution in [0.1, 0.15) is 18.6 Å². The molecule has 0 aliphatic carbocycles. The van der Waals surface area contributed by atoms with E-state index in [0.717, 1.165) is 5.56 Å². The van der Waals surface area contributed by atoms with Crippen LogP contribution in [0.5, 0.6) is 11.6 Å². The van der Waals surface area contributed by atoms with Crippen molar-refractivity contribution in [3.63, 3.8) is 0 Å². The molecule has 0 unspecified atom stereocenters. The Morgan fingerprint density at radius 1 is 1.22 bits per heavy atom. The van der Waals surface area contributed by atoms with Gasteiger partial charge in [0.2, 0.25) is 5.88 Å². The van der Waals surface area contributed by atoms with E-state index in [-0.39, 0.29) is 0 Å². The van der Waals surface area contributed by atoms with Crippen LogP contribution in [-0.2, 0) is 0 Å². The third-order valence-corrected chi connectivity index (χ3v) is 2.90. The lowest BCUT2D eigenvalue weighted by Gasteiger charge is -2.09. The molecular formula is C13H11Cl2NO2. The fourth-order valence-electron chi connectivity index (χ4n) is 1.41. The molecule has 0 radical (unpaired) electrons. The molecule has 5 heteroatoms. The summed E-state index contributed by atoms with van der Waals surface area (Å²) in [4.78, 5) is 4.05. The molecule has 1 aromatic heterocycles. The first-order valence-corrected chi connectivity index (χ1v) is 6.09. The second-order valence-corrected chi connectivity index (χ2v) is 4.62. The van der Waals surface area contributed by atoms with Gasteiger partial charge >= 0.3 is 0 Å². The summed E-state index contributed by atoms with van der Waals surface area (Å²) in [5, 5.41) is 10.5. The number of benzene rings is 1. The van der Waals surface area contributed by atoms with E-state index in [4.69, 9.17) is 27.9 Å². The summed E-state index contributed by atoms with van der Waals surface area (Å²) >= 11 is 11.9. The van der Waals surface area contributed by atoms with Crippen LogP contribution >= 0.6 is 23.2 Å². The van der Waals surface area contributed by atoms with Gasteiger partial charge < -0.3 is 9.84 Å². The van der Waals surface area contributed by atoms with Crippen molar-refractivity contribution in [2.45, 2.75) is 13.0 Å². The number of rotatable bonds is 3. The number of hydrogen-bond acceptors (Lipinski definition) is 3. The number of hydrogen-bond donors (Lipinski definition) is 1. The number of aliphatic hydroxyl groups is 1. The summed E-state index contributed by atoms with van der Waals surface area (Å²) in [6, 6.07) is 8.31. The van der Waals surface area contributed by atoms with Crippen LogP contribution < -0.4 is 4.74 Å². The van der Waals surface area contributed by atoms with Crippen molar-refractivity contribution in [3.8, 4) is 11.6 Å². The minimum absolute atomic E-state index is 0.359. The zero-order valence-electron chi connectivity index (χ0n) is 9.60. The van der Waals surface area contributed by atoms with E-state index in [2.05, 4.69) is 4.98 Å². The first-order valence-electron chi connectivity index (χ1n) is 5.33. The predicted octanol–water partition coefficient (Wildman–Crippen LogP) is 4.23. The third-order valence-electron chi connectivity index (χ3n) is 2.35. The smallest absolute Gasteiger partial charge is 0.219 e. The molecule has 0 saturated heterocycles. The molecular weight excluding hydrogens is 273 g/mol. The zero-order chi connectivity index (χ0) is 13.1. The maximum absolute atomic E-state index is 9.48. The Bertz CT molecular complexity index is 558. The summed E-state index contributed by atoms with van der Waals surface area (Å²) < 4.78 is 5.54. The molecule has 3 nitrogen and oxygen atoms in total. The number of halogens is 2. The number of aliphatic hydroxyl groups excluding tert-OH is 1. The maximum atomic E-state index is 9.48. The minimum atomic E-state index is -0.579. The number of aromatic nitrogens is 1. The van der Waals surface area contributed by atoms with Gasteiger partial charge in [0.25, 0.3) is 0 Å². The SMILES string of the molecule is C[C@@H](O)c1ccnc(Oc2cc(Cl)ccc2Cl)c1. The minimum Gasteiger partial charge on any atom is -0.437 e. The predicted molar refractivity (Wildman–Crippen MR) is 71.4 cm³/mol. The molecule has 1 aromatic carbocycles. The van der Waals surface area contributed by atoms with Gasteiger partial charge in [0.15, 0.2) is 0 Å². The van der Waals surface area contributed by atoms with Crippen molar-refractivity contribution >= 4 is 23.2 Å². The fourth-order valence-corrected chi connectivity index (χ4v) is 1.73. The van der Waals surface area contributed by atoms with Gasteiger partial charge in [-0.05, 0) is 30.7 Å². The highest BCUT2D eigenvalue weighted by molar-refractivity contribution is 6.34. The van der Waals surface area contributed by atoms with Gasteiger partial charge in [-0.1, -0.05) is 23.2 Å². The Labute approximate surface area is 115 Å². The first kappa shape index (κ1) is 13.1. The second-order valence-electron chi connectivity index (χ2n) is 3.78. The van der Waals surface area contributed by atoms with Crippen molar-refractivity contribution in [2.24, 2.45) is 0 Å². The molecule has 0 amide bonds. The maximum Gasteiger partial charge on any atom is 0.219 e. The Balaban J connectivity index is 2.28. The Morgan fingerprint density at radius 3 is 2.72 bits per heavy atom. The highest BCUT2D eigenvalue weighted by atomic mass is 35.5. The Hall–Kier alpha value is -1.29. The lowest BCUT2D eigenvalue weighted by Crippen LogP contribution is -1.94. The van der Waals surface area contributed by atoms with Crippen molar-refractivity contribution in [3.05, 3.63) is 52.1 Å². The van der Waals surface area contributed by atoms with Crippen LogP contribution in [0.25, 0.3) is 0 Å². The van der Waals surface area contributed by atoms with Crippen molar-refractivity contribution in [1.29, 1.82) is 0 Å². The van der Waals surface area contributed by atoms with E-state index in [1.165, 1.54) is 0 Å². The van der Waals surface area contributed by atoms with E-state index >= 15 is 0 Å². The number of ether oxygens (including phenoxy) is 1. The molecule has 1 N–H and O–H groups in total. The first-order chi connectivity index (χ1) is 8.56. The van der Waals surface area contributed by atoms with Gasteiger partial charge in [0, 0.05) is 23.4 Å². The fraction of sp³-hybridized carbons (Fsp3) is 0.154. The van der Waals surface area contributed by atoms with Crippen LogP contribution in [0.3, 0.4) is 0 Å². The molecule has 1 atom stereocenters. The van der Waals surface area contributed by atoms with Gasteiger partial charge in [-0.2, -0.15) is 0 Å². The molecule has 0 aliphatic heterocycles. The third kappa shape index (κ3) is 3.13. The van der Waals surface area contributed by atoms with E-state index < -0.39 is 6.10 Å². The molecule has 18 heavy (non-hydrogen) atoms. The van der Waals surface area contributed by atoms with Crippen LogP contribution in [-0.4, -0.2) is 10.1 Å². The molecule has 94 valence electrons. The molecule has 2 rings (SSSR count). The van der Waals surface area contributed by atoms with Crippen molar-refractivity contribution < 1.29 is 9.84 Å². The lowest BCUT2D eigenvalue weighted by atomic mass is 10.2. The molecule has 0 fully saturated rings. The molecule has 1 heterocycles. The Morgan fingerprint density at radius 2 is 2.00 bits per heavy atom. The summed E-state index contributed by atoms with van der Waals surface area (Å²) in [6.07, 6.45) is 0.987. The topological polar surface area (TPSA) is 42.4 Å². The summed E-state index contributed by atoms with van der Waals surface area (Å²) in [6.45, 7) is 1.67. The van der Waals surface area contributed by atoms with Crippen molar-refractivity contribution in [2.75, 3.05) is 0 Å². The standard InChI is InChI=1S/C13H11Cl2NO2/c1-8(17)9-4-5-16-13(6-9)18-12-7-10(14)2-3-11(12)15/h2-8,17H,1H3/t8-/m1/s1.